The summed E-state index contributed by atoms with van der Waals surface area (Å²) in [6, 6.07) is 10.5. The second-order valence-corrected chi connectivity index (χ2v) is 3.23. The summed E-state index contributed by atoms with van der Waals surface area (Å²) in [5.74, 6) is 0. The molecular weight excluding hydrogens is 200 g/mol. The Kier molecular flexibility index (Phi) is 2.33. The van der Waals surface area contributed by atoms with Crippen molar-refractivity contribution in [2.45, 2.75) is 0 Å². The molecule has 0 saturated carbocycles. The number of aromatic nitrogens is 2. The summed E-state index contributed by atoms with van der Waals surface area (Å²) >= 11 is 5.74. The Labute approximate surface area is 86.2 Å². The number of benzene rings is 1. The second kappa shape index (κ2) is 3.64. The van der Waals surface area contributed by atoms with Crippen LogP contribution in [0.15, 0.2) is 42.6 Å². The molecule has 0 N–H and O–H groups in total. The van der Waals surface area contributed by atoms with Gasteiger partial charge in [0.05, 0.1) is 11.8 Å². The smallest absolute Gasteiger partial charge is 0.252 e. The van der Waals surface area contributed by atoms with Crippen molar-refractivity contribution < 1.29 is 4.85 Å². The summed E-state index contributed by atoms with van der Waals surface area (Å²) in [5, 5.41) is 15.5. The van der Waals surface area contributed by atoms with Crippen LogP contribution in [-0.2, 0) is 0 Å². The van der Waals surface area contributed by atoms with Crippen LogP contribution in [0.4, 0.5) is 0 Å². The fraction of sp³-hybridized carbons (Fsp3) is 0. The fourth-order valence-corrected chi connectivity index (χ4v) is 1.31. The van der Waals surface area contributed by atoms with E-state index in [0.717, 1.165) is 5.56 Å². The molecule has 1 aromatic heterocycles. The van der Waals surface area contributed by atoms with E-state index in [0.29, 0.717) is 15.6 Å². The topological polar surface area (TPSA) is 39.8 Å². The first-order chi connectivity index (χ1) is 6.77. The van der Waals surface area contributed by atoms with Crippen LogP contribution in [0.2, 0.25) is 5.02 Å². The first kappa shape index (κ1) is 8.97. The first-order valence-corrected chi connectivity index (χ1v) is 4.46. The van der Waals surface area contributed by atoms with Gasteiger partial charge < -0.3 is 5.21 Å². The van der Waals surface area contributed by atoms with Gasteiger partial charge in [0.25, 0.3) is 5.69 Å². The Morgan fingerprint density at radius 1 is 1.14 bits per heavy atom. The molecule has 0 spiro atoms. The van der Waals surface area contributed by atoms with E-state index >= 15 is 0 Å². The van der Waals surface area contributed by atoms with E-state index in [1.807, 2.05) is 0 Å². The Morgan fingerprint density at radius 2 is 1.86 bits per heavy atom. The monoisotopic (exact) mass is 206 g/mol. The molecule has 1 aromatic carbocycles. The molecule has 0 aliphatic rings. The van der Waals surface area contributed by atoms with E-state index in [4.69, 9.17) is 11.6 Å². The maximum atomic E-state index is 11.3. The van der Waals surface area contributed by atoms with Crippen LogP contribution in [0, 0.1) is 5.21 Å². The third-order valence-corrected chi connectivity index (χ3v) is 2.11. The Balaban J connectivity index is 2.50. The molecule has 0 radical (unpaired) electrons. The Hall–Kier alpha value is -1.61. The van der Waals surface area contributed by atoms with Crippen molar-refractivity contribution in [3.05, 3.63) is 52.8 Å². The number of hydrogen-bond acceptors (Lipinski definition) is 2. The minimum absolute atomic E-state index is 0.518. The van der Waals surface area contributed by atoms with E-state index in [-0.39, 0.29) is 0 Å². The van der Waals surface area contributed by atoms with Gasteiger partial charge in [-0.15, -0.1) is 0 Å². The van der Waals surface area contributed by atoms with E-state index < -0.39 is 0 Å². The van der Waals surface area contributed by atoms with Crippen LogP contribution >= 0.6 is 11.6 Å². The van der Waals surface area contributed by atoms with Crippen LogP contribution in [0.3, 0.4) is 0 Å². The zero-order chi connectivity index (χ0) is 9.97. The highest BCUT2D eigenvalue weighted by Gasteiger charge is 2.07. The summed E-state index contributed by atoms with van der Waals surface area (Å²) in [6.45, 7) is 0. The molecule has 0 saturated heterocycles. The Bertz CT molecular complexity index is 442. The van der Waals surface area contributed by atoms with E-state index in [1.54, 1.807) is 36.4 Å². The molecule has 2 rings (SSSR count). The average Bonchev–Trinajstić information content (AvgIpc) is 2.20. The van der Waals surface area contributed by atoms with Crippen LogP contribution < -0.4 is 4.85 Å². The molecule has 0 aliphatic heterocycles. The van der Waals surface area contributed by atoms with Gasteiger partial charge in [0.15, 0.2) is 0 Å². The largest absolute Gasteiger partial charge is 0.594 e. The van der Waals surface area contributed by atoms with Gasteiger partial charge >= 0.3 is 0 Å². The van der Waals surface area contributed by atoms with Crippen molar-refractivity contribution in [1.82, 2.24) is 5.10 Å². The molecule has 14 heavy (non-hydrogen) atoms. The van der Waals surface area contributed by atoms with Crippen molar-refractivity contribution in [1.29, 1.82) is 0 Å². The van der Waals surface area contributed by atoms with Gasteiger partial charge in [-0.05, 0) is 30.3 Å². The van der Waals surface area contributed by atoms with Crippen LogP contribution in [0.25, 0.3) is 11.3 Å². The predicted molar refractivity (Wildman–Crippen MR) is 53.6 cm³/mol. The fourth-order valence-electron chi connectivity index (χ4n) is 1.19. The van der Waals surface area contributed by atoms with E-state index in [2.05, 4.69) is 5.10 Å². The summed E-state index contributed by atoms with van der Waals surface area (Å²) in [7, 11) is 0. The highest BCUT2D eigenvalue weighted by atomic mass is 35.5. The third kappa shape index (κ3) is 1.67. The second-order valence-electron chi connectivity index (χ2n) is 2.79. The van der Waals surface area contributed by atoms with Crippen molar-refractivity contribution >= 4 is 11.6 Å². The molecule has 0 atom stereocenters. The highest BCUT2D eigenvalue weighted by molar-refractivity contribution is 6.30. The zero-order valence-electron chi connectivity index (χ0n) is 7.22. The van der Waals surface area contributed by atoms with Crippen LogP contribution in [-0.4, -0.2) is 5.10 Å². The van der Waals surface area contributed by atoms with Crippen molar-refractivity contribution in [2.24, 2.45) is 0 Å². The molecule has 0 amide bonds. The summed E-state index contributed by atoms with van der Waals surface area (Å²) in [4.78, 5) is 0.587. The van der Waals surface area contributed by atoms with E-state index in [1.165, 1.54) is 6.20 Å². The first-order valence-electron chi connectivity index (χ1n) is 4.08. The van der Waals surface area contributed by atoms with Crippen molar-refractivity contribution in [3.63, 3.8) is 0 Å². The van der Waals surface area contributed by atoms with Crippen LogP contribution in [0.5, 0.6) is 0 Å². The van der Waals surface area contributed by atoms with Crippen molar-refractivity contribution in [2.75, 3.05) is 0 Å². The van der Waals surface area contributed by atoms with Gasteiger partial charge in [-0.3, -0.25) is 0 Å². The van der Waals surface area contributed by atoms with Gasteiger partial charge in [-0.1, -0.05) is 16.4 Å². The van der Waals surface area contributed by atoms with Gasteiger partial charge in [0.1, 0.15) is 0 Å². The lowest BCUT2D eigenvalue weighted by atomic mass is 10.1. The number of hydrogen-bond donors (Lipinski definition) is 0. The van der Waals surface area contributed by atoms with E-state index in [9.17, 15) is 5.21 Å². The molecule has 1 heterocycles. The normalized spacial score (nSPS) is 10.1. The van der Waals surface area contributed by atoms with Gasteiger partial charge in [-0.25, -0.2) is 0 Å². The van der Waals surface area contributed by atoms with Crippen molar-refractivity contribution in [3.8, 4) is 11.3 Å². The molecule has 4 heteroatoms. The molecule has 0 unspecified atom stereocenters. The molecule has 0 bridgehead atoms. The molecule has 3 nitrogen and oxygen atoms in total. The summed E-state index contributed by atoms with van der Waals surface area (Å²) in [6.07, 6.45) is 1.45. The summed E-state index contributed by atoms with van der Waals surface area (Å²) in [5.41, 5.74) is 1.32. The predicted octanol–water partition coefficient (Wildman–Crippen LogP) is 2.04. The zero-order valence-corrected chi connectivity index (χ0v) is 7.98. The van der Waals surface area contributed by atoms with Gasteiger partial charge in [0, 0.05) is 16.2 Å². The third-order valence-electron chi connectivity index (χ3n) is 1.86. The lowest BCUT2D eigenvalue weighted by molar-refractivity contribution is -0.658. The minimum Gasteiger partial charge on any atom is -0.594 e. The number of nitrogens with zero attached hydrogens (tertiary/aromatic N) is 2. The lowest BCUT2D eigenvalue weighted by Gasteiger charge is -2.00. The highest BCUT2D eigenvalue weighted by Crippen LogP contribution is 2.17. The standard InChI is InChI=1S/C10H7ClN2O/c11-9-5-3-8(4-6-9)10-2-1-7-12-13(10)14/h1-7H. The molecule has 0 fully saturated rings. The summed E-state index contributed by atoms with van der Waals surface area (Å²) < 4.78 is 0. The molecule has 70 valence electrons. The SMILES string of the molecule is [O-][n+]1ncccc1-c1ccc(Cl)cc1. The maximum Gasteiger partial charge on any atom is 0.252 e. The average molecular weight is 207 g/mol. The van der Waals surface area contributed by atoms with Gasteiger partial charge in [-0.2, -0.15) is 0 Å². The maximum absolute atomic E-state index is 11.3. The number of halogens is 1. The molecule has 0 aliphatic carbocycles. The van der Waals surface area contributed by atoms with Crippen LogP contribution in [0.1, 0.15) is 0 Å². The molecule has 2 aromatic rings. The molecular formula is C10H7ClN2O. The minimum atomic E-state index is 0.518. The number of rotatable bonds is 1. The quantitative estimate of drug-likeness (QED) is 0.529. The van der Waals surface area contributed by atoms with Gasteiger partial charge in [0.2, 0.25) is 0 Å². The lowest BCUT2D eigenvalue weighted by Crippen LogP contribution is -2.32. The Morgan fingerprint density at radius 3 is 2.50 bits per heavy atom.